The number of hydrogen-bond donors (Lipinski definition) is 0. The fourth-order valence-corrected chi connectivity index (χ4v) is 5.12. The third kappa shape index (κ3) is 3.84. The maximum absolute atomic E-state index is 14.2. The van der Waals surface area contributed by atoms with E-state index in [1.54, 1.807) is 6.07 Å². The first kappa shape index (κ1) is 20.9. The summed E-state index contributed by atoms with van der Waals surface area (Å²) in [6, 6.07) is 16.3. The first-order valence-electron chi connectivity index (χ1n) is 11.2. The Morgan fingerprint density at radius 2 is 1.69 bits per heavy atom. The van der Waals surface area contributed by atoms with Crippen LogP contribution in [0.3, 0.4) is 0 Å². The summed E-state index contributed by atoms with van der Waals surface area (Å²) in [6.07, 6.45) is 13.1. The van der Waals surface area contributed by atoms with Crippen molar-refractivity contribution in [3.63, 3.8) is 0 Å². The van der Waals surface area contributed by atoms with E-state index in [1.165, 1.54) is 51.1 Å². The zero-order valence-corrected chi connectivity index (χ0v) is 18.9. The van der Waals surface area contributed by atoms with Crippen LogP contribution in [0.4, 0.5) is 4.39 Å². The second-order valence-corrected chi connectivity index (χ2v) is 8.94. The molecule has 1 heterocycles. The van der Waals surface area contributed by atoms with Crippen LogP contribution in [0.15, 0.2) is 59.7 Å². The van der Waals surface area contributed by atoms with Crippen LogP contribution in [0.2, 0.25) is 5.02 Å². The SMILES string of the molecule is C1=Cc2ccccc2CC=N1.CC1=c2ccc3c(c2CCC1)CC=c1c(F)c(Cl)ccc1=3. The van der Waals surface area contributed by atoms with E-state index in [-0.39, 0.29) is 10.8 Å². The molecule has 1 aliphatic heterocycles. The molecule has 3 aromatic rings. The number of aliphatic imine (C=N–C) groups is 1. The van der Waals surface area contributed by atoms with Crippen molar-refractivity contribution in [1.82, 2.24) is 0 Å². The summed E-state index contributed by atoms with van der Waals surface area (Å²) in [5.41, 5.74) is 6.96. The molecule has 1 nitrogen and oxygen atoms in total. The molecular weight excluding hydrogens is 417 g/mol. The predicted octanol–water partition coefficient (Wildman–Crippen LogP) is 5.89. The van der Waals surface area contributed by atoms with E-state index in [4.69, 9.17) is 11.6 Å². The molecule has 0 N–H and O–H groups in total. The van der Waals surface area contributed by atoms with Crippen molar-refractivity contribution in [2.24, 2.45) is 4.99 Å². The average molecular weight is 442 g/mol. The minimum absolute atomic E-state index is 0.204. The molecule has 2 aliphatic carbocycles. The van der Waals surface area contributed by atoms with Gasteiger partial charge in [0.15, 0.2) is 0 Å². The van der Waals surface area contributed by atoms with E-state index in [9.17, 15) is 4.39 Å². The summed E-state index contributed by atoms with van der Waals surface area (Å²) >= 11 is 5.91. The average Bonchev–Trinajstić information content (AvgIpc) is 3.07. The monoisotopic (exact) mass is 441 g/mol. The molecule has 32 heavy (non-hydrogen) atoms. The molecule has 6 rings (SSSR count). The molecule has 0 radical (unpaired) electrons. The Morgan fingerprint density at radius 1 is 0.875 bits per heavy atom. The van der Waals surface area contributed by atoms with Crippen molar-refractivity contribution in [3.8, 4) is 0 Å². The Labute approximate surface area is 192 Å². The van der Waals surface area contributed by atoms with E-state index in [0.717, 1.165) is 24.5 Å². The van der Waals surface area contributed by atoms with Crippen molar-refractivity contribution in [3.05, 3.63) is 109 Å². The number of hydrogen-bond acceptors (Lipinski definition) is 1. The van der Waals surface area contributed by atoms with E-state index in [2.05, 4.69) is 48.3 Å². The Kier molecular flexibility index (Phi) is 5.80. The van der Waals surface area contributed by atoms with E-state index >= 15 is 0 Å². The van der Waals surface area contributed by atoms with Crippen LogP contribution in [0, 0.1) is 16.3 Å². The molecule has 0 aromatic heterocycles. The number of fused-ring (bicyclic) bond motifs is 5. The van der Waals surface area contributed by atoms with Gasteiger partial charge < -0.3 is 0 Å². The largest absolute Gasteiger partial charge is 0.269 e. The van der Waals surface area contributed by atoms with Gasteiger partial charge in [-0.1, -0.05) is 65.7 Å². The first-order chi connectivity index (χ1) is 15.6. The molecule has 0 saturated heterocycles. The van der Waals surface area contributed by atoms with Gasteiger partial charge in [-0.25, -0.2) is 4.39 Å². The van der Waals surface area contributed by atoms with Crippen molar-refractivity contribution >= 4 is 35.5 Å². The zero-order chi connectivity index (χ0) is 22.1. The molecule has 3 aromatic carbocycles. The standard InChI is InChI=1S/C19H16ClF.C10H9N/c1-11-3-2-4-13-12(11)5-6-15-14(13)7-8-17-16(15)9-10-18(20)19(17)21;1-2-4-10-6-8-11-7-5-9(10)3-1/h5-6,8-10H,2-4,7H2,1H3;1-5,7-8H,6H2. The molecule has 0 unspecified atom stereocenters. The summed E-state index contributed by atoms with van der Waals surface area (Å²) in [7, 11) is 0. The lowest BCUT2D eigenvalue weighted by atomic mass is 9.86. The molecule has 0 amide bonds. The van der Waals surface area contributed by atoms with Crippen LogP contribution in [0.5, 0.6) is 0 Å². The van der Waals surface area contributed by atoms with Crippen LogP contribution in [0.1, 0.15) is 42.0 Å². The number of benzene rings is 3. The number of nitrogens with zero attached hydrogens (tertiary/aromatic N) is 1. The molecule has 3 aliphatic rings. The first-order valence-corrected chi connectivity index (χ1v) is 11.6. The molecule has 0 spiro atoms. The molecule has 3 heteroatoms. The fraction of sp³-hybridized carbons (Fsp3) is 0.207. The van der Waals surface area contributed by atoms with Gasteiger partial charge in [0.25, 0.3) is 0 Å². The Bertz CT molecular complexity index is 1480. The van der Waals surface area contributed by atoms with Gasteiger partial charge in [0, 0.05) is 24.1 Å². The van der Waals surface area contributed by atoms with Gasteiger partial charge >= 0.3 is 0 Å². The van der Waals surface area contributed by atoms with Gasteiger partial charge in [-0.2, -0.15) is 0 Å². The summed E-state index contributed by atoms with van der Waals surface area (Å²) in [4.78, 5) is 4.08. The van der Waals surface area contributed by atoms with Crippen LogP contribution >= 0.6 is 11.6 Å². The minimum Gasteiger partial charge on any atom is -0.269 e. The van der Waals surface area contributed by atoms with Gasteiger partial charge in [0.2, 0.25) is 0 Å². The molecule has 0 bridgehead atoms. The lowest BCUT2D eigenvalue weighted by Crippen LogP contribution is -2.22. The van der Waals surface area contributed by atoms with Crippen LogP contribution < -0.4 is 10.4 Å². The summed E-state index contributed by atoms with van der Waals surface area (Å²) in [5.74, 6) is -0.291. The van der Waals surface area contributed by atoms with Crippen molar-refractivity contribution in [2.75, 3.05) is 0 Å². The second kappa shape index (κ2) is 8.88. The molecule has 0 fully saturated rings. The topological polar surface area (TPSA) is 12.4 Å². The van der Waals surface area contributed by atoms with Gasteiger partial charge in [-0.05, 0) is 82.7 Å². The minimum atomic E-state index is -0.291. The van der Waals surface area contributed by atoms with Crippen molar-refractivity contribution in [1.29, 1.82) is 0 Å². The Hall–Kier alpha value is -2.97. The molecule has 0 saturated carbocycles. The third-order valence-electron chi connectivity index (χ3n) is 6.61. The summed E-state index contributed by atoms with van der Waals surface area (Å²) in [5, 5.41) is 4.43. The van der Waals surface area contributed by atoms with Crippen molar-refractivity contribution in [2.45, 2.75) is 39.0 Å². The van der Waals surface area contributed by atoms with E-state index < -0.39 is 0 Å². The summed E-state index contributed by atoms with van der Waals surface area (Å²) in [6.45, 7) is 2.23. The Morgan fingerprint density at radius 3 is 2.59 bits per heavy atom. The highest BCUT2D eigenvalue weighted by Crippen LogP contribution is 2.21. The summed E-state index contributed by atoms with van der Waals surface area (Å²) < 4.78 is 14.2. The van der Waals surface area contributed by atoms with E-state index in [1.807, 2.05) is 30.6 Å². The highest BCUT2D eigenvalue weighted by Gasteiger charge is 2.15. The van der Waals surface area contributed by atoms with E-state index in [0.29, 0.717) is 5.22 Å². The lowest BCUT2D eigenvalue weighted by Gasteiger charge is -2.19. The maximum atomic E-state index is 14.2. The Balaban J connectivity index is 0.000000165. The highest BCUT2D eigenvalue weighted by molar-refractivity contribution is 6.30. The van der Waals surface area contributed by atoms with Gasteiger partial charge in [0.05, 0.1) is 5.02 Å². The van der Waals surface area contributed by atoms with Crippen LogP contribution in [0.25, 0.3) is 17.7 Å². The predicted molar refractivity (Wildman–Crippen MR) is 133 cm³/mol. The normalized spacial score (nSPS) is 15.3. The smallest absolute Gasteiger partial charge is 0.149 e. The van der Waals surface area contributed by atoms with Gasteiger partial charge in [0.1, 0.15) is 5.82 Å². The van der Waals surface area contributed by atoms with Gasteiger partial charge in [-0.3, -0.25) is 4.99 Å². The molecule has 0 atom stereocenters. The highest BCUT2D eigenvalue weighted by atomic mass is 35.5. The zero-order valence-electron chi connectivity index (χ0n) is 18.2. The third-order valence-corrected chi connectivity index (χ3v) is 6.91. The van der Waals surface area contributed by atoms with Crippen LogP contribution in [-0.2, 0) is 19.3 Å². The molecule has 160 valence electrons. The lowest BCUT2D eigenvalue weighted by molar-refractivity contribution is 0.617. The van der Waals surface area contributed by atoms with Crippen molar-refractivity contribution < 1.29 is 4.39 Å². The van der Waals surface area contributed by atoms with Crippen LogP contribution in [-0.4, -0.2) is 6.21 Å². The fourth-order valence-electron chi connectivity index (χ4n) is 4.95. The quantitative estimate of drug-likeness (QED) is 0.412. The van der Waals surface area contributed by atoms with Gasteiger partial charge in [-0.15, -0.1) is 0 Å². The number of halogens is 2. The molecular formula is C29H25ClFN. The number of rotatable bonds is 0. The maximum Gasteiger partial charge on any atom is 0.149 e. The second-order valence-electron chi connectivity index (χ2n) is 8.53.